The first-order valence-electron chi connectivity index (χ1n) is 7.76. The Morgan fingerprint density at radius 1 is 1.12 bits per heavy atom. The van der Waals surface area contributed by atoms with Crippen molar-refractivity contribution in [2.75, 3.05) is 13.7 Å². The number of hydrogen-bond acceptors (Lipinski definition) is 6. The fourth-order valence-electron chi connectivity index (χ4n) is 2.13. The van der Waals surface area contributed by atoms with Gasteiger partial charge in [0.15, 0.2) is 11.5 Å². The molecule has 0 N–H and O–H groups in total. The van der Waals surface area contributed by atoms with Gasteiger partial charge in [-0.3, -0.25) is 0 Å². The summed E-state index contributed by atoms with van der Waals surface area (Å²) >= 11 is 0. The zero-order chi connectivity index (χ0) is 18.9. The third-order valence-electron chi connectivity index (χ3n) is 3.33. The van der Waals surface area contributed by atoms with Crippen LogP contribution in [-0.2, 0) is 0 Å². The molecule has 0 saturated carbocycles. The van der Waals surface area contributed by atoms with E-state index in [1.54, 1.807) is 61.5 Å². The van der Waals surface area contributed by atoms with Gasteiger partial charge in [0.25, 0.3) is 0 Å². The van der Waals surface area contributed by atoms with Crippen molar-refractivity contribution in [1.82, 2.24) is 0 Å². The van der Waals surface area contributed by atoms with Crippen LogP contribution in [-0.4, -0.2) is 19.7 Å². The SMILES string of the molecule is CCOc1cc(C=C(C#N)C#N)ccc1OC(=O)c1cccc(OC)c1. The molecule has 2 aromatic carbocycles. The van der Waals surface area contributed by atoms with E-state index in [-0.39, 0.29) is 11.3 Å². The lowest BCUT2D eigenvalue weighted by atomic mass is 10.1. The zero-order valence-electron chi connectivity index (χ0n) is 14.4. The van der Waals surface area contributed by atoms with Crippen LogP contribution in [0.5, 0.6) is 17.2 Å². The summed E-state index contributed by atoms with van der Waals surface area (Å²) in [6.07, 6.45) is 1.43. The van der Waals surface area contributed by atoms with E-state index < -0.39 is 5.97 Å². The van der Waals surface area contributed by atoms with Gasteiger partial charge in [0.2, 0.25) is 0 Å². The minimum atomic E-state index is -0.553. The Balaban J connectivity index is 2.31. The van der Waals surface area contributed by atoms with Gasteiger partial charge < -0.3 is 14.2 Å². The summed E-state index contributed by atoms with van der Waals surface area (Å²) in [6, 6.07) is 15.0. The van der Waals surface area contributed by atoms with Crippen LogP contribution < -0.4 is 14.2 Å². The van der Waals surface area contributed by atoms with E-state index in [4.69, 9.17) is 24.7 Å². The molecule has 0 bridgehead atoms. The van der Waals surface area contributed by atoms with Gasteiger partial charge in [-0.15, -0.1) is 0 Å². The second-order valence-electron chi connectivity index (χ2n) is 5.04. The van der Waals surface area contributed by atoms with Crippen molar-refractivity contribution in [2.45, 2.75) is 6.92 Å². The molecule has 0 heterocycles. The first-order valence-corrected chi connectivity index (χ1v) is 7.76. The number of allylic oxidation sites excluding steroid dienone is 1. The molecule has 0 aliphatic heterocycles. The number of nitrogens with zero attached hydrogens (tertiary/aromatic N) is 2. The normalized spacial score (nSPS) is 9.38. The second kappa shape index (κ2) is 8.91. The van der Waals surface area contributed by atoms with Gasteiger partial charge in [0.05, 0.1) is 19.3 Å². The third kappa shape index (κ3) is 4.62. The van der Waals surface area contributed by atoms with Crippen LogP contribution >= 0.6 is 0 Å². The van der Waals surface area contributed by atoms with Crippen molar-refractivity contribution in [3.05, 3.63) is 59.2 Å². The summed E-state index contributed by atoms with van der Waals surface area (Å²) in [5.41, 5.74) is 0.897. The summed E-state index contributed by atoms with van der Waals surface area (Å²) in [4.78, 5) is 12.4. The molecule has 0 fully saturated rings. The van der Waals surface area contributed by atoms with Crippen LogP contribution in [0.3, 0.4) is 0 Å². The fraction of sp³-hybridized carbons (Fsp3) is 0.150. The highest BCUT2D eigenvalue weighted by molar-refractivity contribution is 5.91. The van der Waals surface area contributed by atoms with Crippen molar-refractivity contribution >= 4 is 12.0 Å². The van der Waals surface area contributed by atoms with Gasteiger partial charge in [-0.25, -0.2) is 4.79 Å². The van der Waals surface area contributed by atoms with Crippen molar-refractivity contribution < 1.29 is 19.0 Å². The third-order valence-corrected chi connectivity index (χ3v) is 3.33. The number of methoxy groups -OCH3 is 1. The number of hydrogen-bond donors (Lipinski definition) is 0. The number of nitriles is 2. The highest BCUT2D eigenvalue weighted by Crippen LogP contribution is 2.30. The zero-order valence-corrected chi connectivity index (χ0v) is 14.4. The molecule has 2 aromatic rings. The Hall–Kier alpha value is -3.77. The molecular formula is C20H16N2O4. The standard InChI is InChI=1S/C20H16N2O4/c1-3-25-19-10-14(9-15(12-21)13-22)7-8-18(19)26-20(23)16-5-4-6-17(11-16)24-2/h4-11H,3H2,1-2H3. The number of benzene rings is 2. The summed E-state index contributed by atoms with van der Waals surface area (Å²) in [6.45, 7) is 2.16. The molecule has 0 aliphatic rings. The van der Waals surface area contributed by atoms with Crippen molar-refractivity contribution in [3.8, 4) is 29.4 Å². The number of carbonyl (C=O) groups is 1. The Bertz CT molecular complexity index is 904. The molecule has 26 heavy (non-hydrogen) atoms. The molecular weight excluding hydrogens is 332 g/mol. The maximum Gasteiger partial charge on any atom is 0.343 e. The lowest BCUT2D eigenvalue weighted by Gasteiger charge is -2.12. The van der Waals surface area contributed by atoms with E-state index in [1.807, 2.05) is 0 Å². The topological polar surface area (TPSA) is 92.3 Å². The van der Waals surface area contributed by atoms with E-state index in [2.05, 4.69) is 0 Å². The number of rotatable bonds is 6. The van der Waals surface area contributed by atoms with Crippen LogP contribution in [0, 0.1) is 22.7 Å². The second-order valence-corrected chi connectivity index (χ2v) is 5.04. The highest BCUT2D eigenvalue weighted by Gasteiger charge is 2.14. The number of esters is 1. The van der Waals surface area contributed by atoms with E-state index in [0.717, 1.165) is 0 Å². The minimum absolute atomic E-state index is 0.0337. The van der Waals surface area contributed by atoms with Crippen LogP contribution in [0.25, 0.3) is 6.08 Å². The predicted molar refractivity (Wildman–Crippen MR) is 94.8 cm³/mol. The molecule has 0 aromatic heterocycles. The van der Waals surface area contributed by atoms with Gasteiger partial charge in [-0.05, 0) is 48.9 Å². The lowest BCUT2D eigenvalue weighted by Crippen LogP contribution is -2.10. The van der Waals surface area contributed by atoms with E-state index in [0.29, 0.717) is 29.2 Å². The first kappa shape index (κ1) is 18.6. The first-order chi connectivity index (χ1) is 12.6. The molecule has 0 aliphatic carbocycles. The van der Waals surface area contributed by atoms with Crippen molar-refractivity contribution in [2.24, 2.45) is 0 Å². The molecule has 0 saturated heterocycles. The largest absolute Gasteiger partial charge is 0.497 e. The number of carbonyl (C=O) groups excluding carboxylic acids is 1. The quantitative estimate of drug-likeness (QED) is 0.448. The molecule has 2 rings (SSSR count). The summed E-state index contributed by atoms with van der Waals surface area (Å²) in [7, 11) is 1.51. The van der Waals surface area contributed by atoms with Gasteiger partial charge in [-0.1, -0.05) is 12.1 Å². The maximum atomic E-state index is 12.4. The Morgan fingerprint density at radius 2 is 1.88 bits per heavy atom. The van der Waals surface area contributed by atoms with Gasteiger partial charge in [0.1, 0.15) is 23.5 Å². The Morgan fingerprint density at radius 3 is 2.54 bits per heavy atom. The van der Waals surface area contributed by atoms with Crippen LogP contribution in [0.15, 0.2) is 48.0 Å². The average molecular weight is 348 g/mol. The van der Waals surface area contributed by atoms with Crippen LogP contribution in [0.1, 0.15) is 22.8 Å². The monoisotopic (exact) mass is 348 g/mol. The van der Waals surface area contributed by atoms with Crippen LogP contribution in [0.4, 0.5) is 0 Å². The van der Waals surface area contributed by atoms with E-state index in [9.17, 15) is 4.79 Å². The molecule has 0 atom stereocenters. The fourth-order valence-corrected chi connectivity index (χ4v) is 2.13. The Kier molecular flexibility index (Phi) is 6.36. The minimum Gasteiger partial charge on any atom is -0.497 e. The molecule has 0 spiro atoms. The molecule has 0 radical (unpaired) electrons. The van der Waals surface area contributed by atoms with Gasteiger partial charge in [-0.2, -0.15) is 10.5 Å². The average Bonchev–Trinajstić information content (AvgIpc) is 2.68. The number of ether oxygens (including phenoxy) is 3. The van der Waals surface area contributed by atoms with Crippen molar-refractivity contribution in [1.29, 1.82) is 10.5 Å². The summed E-state index contributed by atoms with van der Waals surface area (Å²) < 4.78 is 16.0. The Labute approximate surface area is 151 Å². The molecule has 130 valence electrons. The molecule has 6 heteroatoms. The van der Waals surface area contributed by atoms with Gasteiger partial charge in [0, 0.05) is 0 Å². The van der Waals surface area contributed by atoms with Crippen molar-refractivity contribution in [3.63, 3.8) is 0 Å². The van der Waals surface area contributed by atoms with E-state index >= 15 is 0 Å². The smallest absolute Gasteiger partial charge is 0.343 e. The van der Waals surface area contributed by atoms with Gasteiger partial charge >= 0.3 is 5.97 Å². The molecule has 0 unspecified atom stereocenters. The molecule has 6 nitrogen and oxygen atoms in total. The van der Waals surface area contributed by atoms with E-state index in [1.165, 1.54) is 13.2 Å². The van der Waals surface area contributed by atoms with Crippen LogP contribution in [0.2, 0.25) is 0 Å². The summed E-state index contributed by atoms with van der Waals surface area (Å²) in [5.74, 6) is 0.577. The lowest BCUT2D eigenvalue weighted by molar-refractivity contribution is 0.0728. The highest BCUT2D eigenvalue weighted by atomic mass is 16.6. The molecule has 0 amide bonds. The maximum absolute atomic E-state index is 12.4. The summed E-state index contributed by atoms with van der Waals surface area (Å²) in [5, 5.41) is 17.7. The predicted octanol–water partition coefficient (Wildman–Crippen LogP) is 3.74.